The number of rotatable bonds is 7. The van der Waals surface area contributed by atoms with Gasteiger partial charge in [0.05, 0.1) is 17.6 Å². The number of amides is 2. The van der Waals surface area contributed by atoms with Crippen molar-refractivity contribution in [2.45, 2.75) is 13.5 Å². The molecule has 0 bridgehead atoms. The second kappa shape index (κ2) is 11.8. The Morgan fingerprint density at radius 2 is 1.61 bits per heavy atom. The van der Waals surface area contributed by atoms with Crippen molar-refractivity contribution in [3.8, 4) is 11.4 Å². The molecule has 0 fully saturated rings. The van der Waals surface area contributed by atoms with Crippen molar-refractivity contribution in [1.29, 1.82) is 0 Å². The maximum absolute atomic E-state index is 12.9. The van der Waals surface area contributed by atoms with E-state index in [4.69, 9.17) is 27.9 Å². The minimum absolute atomic E-state index is 0.00847. The summed E-state index contributed by atoms with van der Waals surface area (Å²) >= 11 is 12.3. The Balaban J connectivity index is 1.34. The third-order valence-corrected chi connectivity index (χ3v) is 6.41. The molecule has 1 aromatic heterocycles. The maximum Gasteiger partial charge on any atom is 0.329 e. The number of anilines is 1. The first-order chi connectivity index (χ1) is 18.3. The van der Waals surface area contributed by atoms with E-state index in [2.05, 4.69) is 15.8 Å². The quantitative estimate of drug-likeness (QED) is 0.201. The van der Waals surface area contributed by atoms with Crippen LogP contribution in [0.25, 0.3) is 5.69 Å². The van der Waals surface area contributed by atoms with Crippen molar-refractivity contribution in [2.75, 3.05) is 5.32 Å². The van der Waals surface area contributed by atoms with Crippen LogP contribution in [0.4, 0.5) is 5.69 Å². The molecule has 1 heterocycles. The normalized spacial score (nSPS) is 10.9. The standard InChI is InChI=1S/C27H23Cl2N5O4/c1-17-24(27(37)34(33(17)2)19-7-4-3-5-8-19)31-25(35)26(36)32-30-15-18-11-13-20(14-12-18)38-16-21-22(28)9-6-10-23(21)29/h3-15H,16H2,1-2H3,(H,31,35)(H,32,36)/b30-15+. The average molecular weight is 552 g/mol. The number of benzene rings is 3. The first kappa shape index (κ1) is 26.7. The van der Waals surface area contributed by atoms with Gasteiger partial charge in [0.2, 0.25) is 0 Å². The van der Waals surface area contributed by atoms with E-state index in [0.717, 1.165) is 0 Å². The highest BCUT2D eigenvalue weighted by molar-refractivity contribution is 6.39. The van der Waals surface area contributed by atoms with Gasteiger partial charge in [-0.05, 0) is 61.0 Å². The van der Waals surface area contributed by atoms with E-state index in [1.807, 2.05) is 6.07 Å². The highest BCUT2D eigenvalue weighted by Gasteiger charge is 2.21. The van der Waals surface area contributed by atoms with Gasteiger partial charge in [-0.1, -0.05) is 47.5 Å². The molecule has 38 heavy (non-hydrogen) atoms. The topological polar surface area (TPSA) is 107 Å². The lowest BCUT2D eigenvalue weighted by Crippen LogP contribution is -2.34. The first-order valence-electron chi connectivity index (χ1n) is 11.4. The number of nitrogens with zero attached hydrogens (tertiary/aromatic N) is 3. The van der Waals surface area contributed by atoms with Gasteiger partial charge in [0.15, 0.2) is 0 Å². The maximum atomic E-state index is 12.9. The monoisotopic (exact) mass is 551 g/mol. The summed E-state index contributed by atoms with van der Waals surface area (Å²) in [5.41, 5.74) is 4.16. The molecule has 0 aliphatic carbocycles. The molecule has 0 aliphatic heterocycles. The van der Waals surface area contributed by atoms with Crippen LogP contribution in [0.5, 0.6) is 5.75 Å². The smallest absolute Gasteiger partial charge is 0.329 e. The number of aromatic nitrogens is 2. The summed E-state index contributed by atoms with van der Waals surface area (Å²) in [6, 6.07) is 21.1. The number of halogens is 2. The van der Waals surface area contributed by atoms with Gasteiger partial charge in [-0.25, -0.2) is 10.1 Å². The van der Waals surface area contributed by atoms with Crippen LogP contribution in [0.2, 0.25) is 10.0 Å². The molecule has 3 aromatic carbocycles. The number of hydrazone groups is 1. The van der Waals surface area contributed by atoms with Crippen molar-refractivity contribution < 1.29 is 14.3 Å². The summed E-state index contributed by atoms with van der Waals surface area (Å²) in [6.45, 7) is 1.87. The van der Waals surface area contributed by atoms with Crippen molar-refractivity contribution in [1.82, 2.24) is 14.8 Å². The molecule has 0 saturated heterocycles. The van der Waals surface area contributed by atoms with Crippen LogP contribution in [-0.2, 0) is 23.2 Å². The number of carbonyl (C=O) groups excluding carboxylic acids is 2. The summed E-state index contributed by atoms with van der Waals surface area (Å²) in [6.07, 6.45) is 1.37. The molecular weight excluding hydrogens is 529 g/mol. The third kappa shape index (κ3) is 5.96. The summed E-state index contributed by atoms with van der Waals surface area (Å²) < 4.78 is 8.73. The molecule has 4 aromatic rings. The number of nitrogens with one attached hydrogen (secondary N) is 2. The number of carbonyl (C=O) groups is 2. The molecule has 0 radical (unpaired) electrons. The SMILES string of the molecule is Cc1c(NC(=O)C(=O)N/N=C/c2ccc(OCc3c(Cl)cccc3Cl)cc2)c(=O)n(-c2ccccc2)n1C. The fourth-order valence-corrected chi connectivity index (χ4v) is 4.08. The lowest BCUT2D eigenvalue weighted by Gasteiger charge is -2.09. The van der Waals surface area contributed by atoms with E-state index < -0.39 is 17.4 Å². The van der Waals surface area contributed by atoms with Crippen LogP contribution in [0.1, 0.15) is 16.8 Å². The number of ether oxygens (including phenoxy) is 1. The summed E-state index contributed by atoms with van der Waals surface area (Å²) in [4.78, 5) is 37.6. The lowest BCUT2D eigenvalue weighted by molar-refractivity contribution is -0.136. The second-order valence-corrected chi connectivity index (χ2v) is 8.96. The van der Waals surface area contributed by atoms with E-state index in [0.29, 0.717) is 38.3 Å². The van der Waals surface area contributed by atoms with E-state index >= 15 is 0 Å². The van der Waals surface area contributed by atoms with Gasteiger partial charge < -0.3 is 10.1 Å². The van der Waals surface area contributed by atoms with Gasteiger partial charge in [-0.2, -0.15) is 5.10 Å². The predicted molar refractivity (Wildman–Crippen MR) is 147 cm³/mol. The Labute approximate surface area is 228 Å². The highest BCUT2D eigenvalue weighted by atomic mass is 35.5. The molecule has 0 atom stereocenters. The first-order valence-corrected chi connectivity index (χ1v) is 12.2. The number of hydrogen-bond donors (Lipinski definition) is 2. The van der Waals surface area contributed by atoms with E-state index in [1.54, 1.807) is 85.4 Å². The Kier molecular flexibility index (Phi) is 8.30. The summed E-state index contributed by atoms with van der Waals surface area (Å²) in [5.74, 6) is -1.46. The van der Waals surface area contributed by atoms with Gasteiger partial charge in [0, 0.05) is 22.7 Å². The van der Waals surface area contributed by atoms with Gasteiger partial charge in [-0.15, -0.1) is 0 Å². The summed E-state index contributed by atoms with van der Waals surface area (Å²) in [5, 5.41) is 7.24. The van der Waals surface area contributed by atoms with Crippen LogP contribution in [0.15, 0.2) is 82.7 Å². The van der Waals surface area contributed by atoms with Gasteiger partial charge >= 0.3 is 11.8 Å². The van der Waals surface area contributed by atoms with E-state index in [9.17, 15) is 14.4 Å². The molecule has 0 aliphatic rings. The lowest BCUT2D eigenvalue weighted by atomic mass is 10.2. The molecule has 194 valence electrons. The molecular formula is C27H23Cl2N5O4. The average Bonchev–Trinajstić information content (AvgIpc) is 3.12. The van der Waals surface area contributed by atoms with Gasteiger partial charge in [-0.3, -0.25) is 19.1 Å². The third-order valence-electron chi connectivity index (χ3n) is 5.70. The molecule has 2 amide bonds. The minimum Gasteiger partial charge on any atom is -0.489 e. The Morgan fingerprint density at radius 1 is 0.947 bits per heavy atom. The van der Waals surface area contributed by atoms with Crippen LogP contribution >= 0.6 is 23.2 Å². The molecule has 11 heteroatoms. The van der Waals surface area contributed by atoms with Crippen molar-refractivity contribution in [2.24, 2.45) is 12.1 Å². The highest BCUT2D eigenvalue weighted by Crippen LogP contribution is 2.26. The number of para-hydroxylation sites is 1. The van der Waals surface area contributed by atoms with Crippen LogP contribution in [0.3, 0.4) is 0 Å². The van der Waals surface area contributed by atoms with E-state index in [1.165, 1.54) is 10.9 Å². The molecule has 0 spiro atoms. The molecule has 4 rings (SSSR count). The summed E-state index contributed by atoms with van der Waals surface area (Å²) in [7, 11) is 1.69. The molecule has 9 nitrogen and oxygen atoms in total. The Hall–Kier alpha value is -4.34. The van der Waals surface area contributed by atoms with Crippen molar-refractivity contribution in [3.05, 3.63) is 110 Å². The van der Waals surface area contributed by atoms with Crippen LogP contribution in [0, 0.1) is 6.92 Å². The zero-order chi connectivity index (χ0) is 27.2. The van der Waals surface area contributed by atoms with E-state index in [-0.39, 0.29) is 12.3 Å². The van der Waals surface area contributed by atoms with Crippen molar-refractivity contribution in [3.63, 3.8) is 0 Å². The van der Waals surface area contributed by atoms with Gasteiger partial charge in [0.25, 0.3) is 5.56 Å². The zero-order valence-corrected chi connectivity index (χ0v) is 22.0. The minimum atomic E-state index is -1.02. The molecule has 2 N–H and O–H groups in total. The van der Waals surface area contributed by atoms with Crippen LogP contribution in [-0.4, -0.2) is 27.4 Å². The second-order valence-electron chi connectivity index (χ2n) is 8.15. The molecule has 0 unspecified atom stereocenters. The fraction of sp³-hybridized carbons (Fsp3) is 0.111. The van der Waals surface area contributed by atoms with Crippen LogP contribution < -0.4 is 21.0 Å². The van der Waals surface area contributed by atoms with Crippen molar-refractivity contribution >= 4 is 46.9 Å². The molecule has 0 saturated carbocycles. The zero-order valence-electron chi connectivity index (χ0n) is 20.4. The number of hydrogen-bond acceptors (Lipinski definition) is 5. The largest absolute Gasteiger partial charge is 0.489 e. The Bertz CT molecular complexity index is 1540. The van der Waals surface area contributed by atoms with Gasteiger partial charge in [0.1, 0.15) is 18.0 Å². The predicted octanol–water partition coefficient (Wildman–Crippen LogP) is 4.46. The fourth-order valence-electron chi connectivity index (χ4n) is 3.57. The Morgan fingerprint density at radius 3 is 2.26 bits per heavy atom.